The second kappa shape index (κ2) is 8.93. The first-order chi connectivity index (χ1) is 15.1. The smallest absolute Gasteiger partial charge is 0.311 e. The molecule has 1 heterocycles. The number of fused-ring (bicyclic) bond motifs is 1. The fraction of sp³-hybridized carbons (Fsp3) is 0.118. The van der Waals surface area contributed by atoms with E-state index in [9.17, 15) is 43.0 Å². The van der Waals surface area contributed by atoms with Gasteiger partial charge < -0.3 is 4.74 Å². The number of non-ortho nitro benzene ring substituents is 1. The van der Waals surface area contributed by atoms with Gasteiger partial charge in [0.05, 0.1) is 27.0 Å². The molecule has 15 heteroatoms. The minimum atomic E-state index is -1.71. The quantitative estimate of drug-likeness (QED) is 0.239. The molecule has 1 amide bonds. The van der Waals surface area contributed by atoms with Crippen LogP contribution in [0.1, 0.15) is 5.56 Å². The number of rotatable bonds is 7. The number of hydrogen-bond acceptors (Lipinski definition) is 9. The monoisotopic (exact) mass is 470 g/mol. The molecule has 0 aliphatic carbocycles. The van der Waals surface area contributed by atoms with E-state index in [2.05, 4.69) is 10.3 Å². The molecular formula is C17H9F3N4O7S. The second-order valence-electron chi connectivity index (χ2n) is 6.06. The summed E-state index contributed by atoms with van der Waals surface area (Å²) in [6.45, 7) is -0.846. The molecule has 0 aliphatic rings. The van der Waals surface area contributed by atoms with Gasteiger partial charge in [-0.1, -0.05) is 11.3 Å². The molecule has 1 N–H and O–H groups in total. The van der Waals surface area contributed by atoms with Crippen molar-refractivity contribution in [1.29, 1.82) is 0 Å². The van der Waals surface area contributed by atoms with Crippen LogP contribution in [0.5, 0.6) is 0 Å². The lowest BCUT2D eigenvalue weighted by molar-refractivity contribution is -0.394. The lowest BCUT2D eigenvalue weighted by Crippen LogP contribution is -2.21. The van der Waals surface area contributed by atoms with Crippen molar-refractivity contribution < 1.29 is 37.3 Å². The molecule has 3 aromatic rings. The number of thiazole rings is 1. The highest BCUT2D eigenvalue weighted by molar-refractivity contribution is 7.22. The Balaban J connectivity index is 1.63. The number of benzene rings is 2. The molecule has 3 rings (SSSR count). The molecule has 166 valence electrons. The van der Waals surface area contributed by atoms with Crippen LogP contribution in [0.15, 0.2) is 24.3 Å². The zero-order valence-electron chi connectivity index (χ0n) is 15.5. The number of hydrogen-bond donors (Lipinski definition) is 1. The third-order valence-electron chi connectivity index (χ3n) is 3.94. The summed E-state index contributed by atoms with van der Waals surface area (Å²) in [5, 5.41) is 23.8. The lowest BCUT2D eigenvalue weighted by Gasteiger charge is -2.05. The van der Waals surface area contributed by atoms with Crippen LogP contribution >= 0.6 is 11.3 Å². The van der Waals surface area contributed by atoms with E-state index in [0.717, 1.165) is 12.1 Å². The maximum absolute atomic E-state index is 13.7. The molecule has 2 aromatic carbocycles. The van der Waals surface area contributed by atoms with Crippen molar-refractivity contribution in [3.8, 4) is 0 Å². The van der Waals surface area contributed by atoms with Crippen LogP contribution in [0.2, 0.25) is 0 Å². The highest BCUT2D eigenvalue weighted by Gasteiger charge is 2.22. The number of nitro groups is 2. The van der Waals surface area contributed by atoms with Crippen LogP contribution in [0.4, 0.5) is 29.7 Å². The Morgan fingerprint density at radius 2 is 1.81 bits per heavy atom. The standard InChI is InChI=1S/C17H9F3N4O7S/c18-9-5-11-16(15(20)14(9)19)22-17(32-11)21-12(25)6-31-13(26)3-7-1-2-8(23(27)28)4-10(7)24(29)30/h1-2,4-5H,3,6H2,(H,21,22,25). The summed E-state index contributed by atoms with van der Waals surface area (Å²) in [4.78, 5) is 47.5. The van der Waals surface area contributed by atoms with Crippen LogP contribution in [-0.4, -0.2) is 33.3 Å². The Hall–Kier alpha value is -4.14. The summed E-state index contributed by atoms with van der Waals surface area (Å²) < 4.78 is 44.8. The van der Waals surface area contributed by atoms with Crippen LogP contribution in [0.3, 0.4) is 0 Å². The van der Waals surface area contributed by atoms with E-state index in [1.807, 2.05) is 0 Å². The molecule has 1 aromatic heterocycles. The number of nitrogens with one attached hydrogen (secondary N) is 1. The first-order valence-electron chi connectivity index (χ1n) is 8.38. The molecule has 11 nitrogen and oxygen atoms in total. The van der Waals surface area contributed by atoms with Crippen molar-refractivity contribution in [3.63, 3.8) is 0 Å². The number of amides is 1. The zero-order chi connectivity index (χ0) is 23.6. The van der Waals surface area contributed by atoms with Crippen molar-refractivity contribution in [2.24, 2.45) is 0 Å². The average molecular weight is 470 g/mol. The van der Waals surface area contributed by atoms with E-state index in [4.69, 9.17) is 4.74 Å². The van der Waals surface area contributed by atoms with Gasteiger partial charge in [-0.05, 0) is 12.1 Å². The SMILES string of the molecule is O=C(COC(=O)Cc1ccc([N+](=O)[O-])cc1[N+](=O)[O-])Nc1nc2c(F)c(F)c(F)cc2s1. The molecule has 0 unspecified atom stereocenters. The number of halogens is 3. The molecule has 0 atom stereocenters. The number of aromatic nitrogens is 1. The minimum Gasteiger partial charge on any atom is -0.455 e. The highest BCUT2D eigenvalue weighted by atomic mass is 32.1. The van der Waals surface area contributed by atoms with Gasteiger partial charge in [0.2, 0.25) is 0 Å². The molecule has 0 spiro atoms. The normalized spacial score (nSPS) is 10.7. The fourth-order valence-electron chi connectivity index (χ4n) is 2.52. The van der Waals surface area contributed by atoms with Gasteiger partial charge in [0.25, 0.3) is 17.3 Å². The molecule has 0 saturated heterocycles. The van der Waals surface area contributed by atoms with E-state index < -0.39 is 69.1 Å². The van der Waals surface area contributed by atoms with Crippen LogP contribution < -0.4 is 5.32 Å². The van der Waals surface area contributed by atoms with Crippen LogP contribution in [0.25, 0.3) is 10.2 Å². The van der Waals surface area contributed by atoms with Gasteiger partial charge in [-0.3, -0.25) is 35.1 Å². The first kappa shape index (κ1) is 22.5. The summed E-state index contributed by atoms with van der Waals surface area (Å²) >= 11 is 0.648. The summed E-state index contributed by atoms with van der Waals surface area (Å²) in [5.41, 5.74) is -1.87. The predicted molar refractivity (Wildman–Crippen MR) is 103 cm³/mol. The van der Waals surface area contributed by atoms with Gasteiger partial charge in [-0.25, -0.2) is 18.2 Å². The Bertz CT molecular complexity index is 1280. The van der Waals surface area contributed by atoms with E-state index in [0.29, 0.717) is 23.5 Å². The minimum absolute atomic E-state index is 0.0702. The van der Waals surface area contributed by atoms with Gasteiger partial charge in [0.1, 0.15) is 5.52 Å². The van der Waals surface area contributed by atoms with Crippen molar-refractivity contribution in [1.82, 2.24) is 4.98 Å². The van der Waals surface area contributed by atoms with Crippen molar-refractivity contribution in [2.45, 2.75) is 6.42 Å². The van der Waals surface area contributed by atoms with Crippen molar-refractivity contribution >= 4 is 49.9 Å². The summed E-state index contributed by atoms with van der Waals surface area (Å²) in [6.07, 6.45) is -0.646. The number of carbonyl (C=O) groups excluding carboxylic acids is 2. The van der Waals surface area contributed by atoms with Crippen LogP contribution in [-0.2, 0) is 20.7 Å². The number of esters is 1. The lowest BCUT2D eigenvalue weighted by atomic mass is 10.1. The Morgan fingerprint density at radius 1 is 1.09 bits per heavy atom. The van der Waals surface area contributed by atoms with E-state index in [1.54, 1.807) is 0 Å². The largest absolute Gasteiger partial charge is 0.455 e. The summed E-state index contributed by atoms with van der Waals surface area (Å²) in [5.74, 6) is -6.62. The predicted octanol–water partition coefficient (Wildman–Crippen LogP) is 3.25. The molecule has 0 radical (unpaired) electrons. The Morgan fingerprint density at radius 3 is 2.47 bits per heavy atom. The van der Waals surface area contributed by atoms with Gasteiger partial charge in [0.15, 0.2) is 29.2 Å². The third-order valence-corrected chi connectivity index (χ3v) is 4.86. The Labute approximate surface area is 178 Å². The Kier molecular flexibility index (Phi) is 6.29. The number of anilines is 1. The third kappa shape index (κ3) is 4.77. The number of nitro benzene ring substituents is 2. The topological polar surface area (TPSA) is 155 Å². The van der Waals surface area contributed by atoms with Gasteiger partial charge in [-0.15, -0.1) is 0 Å². The van der Waals surface area contributed by atoms with Crippen molar-refractivity contribution in [2.75, 3.05) is 11.9 Å². The fourth-order valence-corrected chi connectivity index (χ4v) is 3.43. The van der Waals surface area contributed by atoms with E-state index in [1.165, 1.54) is 0 Å². The second-order valence-corrected chi connectivity index (χ2v) is 7.10. The number of nitrogens with zero attached hydrogens (tertiary/aromatic N) is 3. The van der Waals surface area contributed by atoms with Gasteiger partial charge >= 0.3 is 5.97 Å². The van der Waals surface area contributed by atoms with Crippen LogP contribution in [0, 0.1) is 37.7 Å². The zero-order valence-corrected chi connectivity index (χ0v) is 16.3. The number of carbonyl (C=O) groups is 2. The molecule has 0 saturated carbocycles. The molecule has 0 aliphatic heterocycles. The van der Waals surface area contributed by atoms with Gasteiger partial charge in [-0.2, -0.15) is 0 Å². The summed E-state index contributed by atoms with van der Waals surface area (Å²) in [6, 6.07) is 3.39. The summed E-state index contributed by atoms with van der Waals surface area (Å²) in [7, 11) is 0. The average Bonchev–Trinajstić information content (AvgIpc) is 3.12. The van der Waals surface area contributed by atoms with Crippen molar-refractivity contribution in [3.05, 3.63) is 67.5 Å². The van der Waals surface area contributed by atoms with Gasteiger partial charge in [0, 0.05) is 11.6 Å². The highest BCUT2D eigenvalue weighted by Crippen LogP contribution is 2.30. The molecule has 32 heavy (non-hydrogen) atoms. The first-order valence-corrected chi connectivity index (χ1v) is 9.19. The maximum Gasteiger partial charge on any atom is 0.311 e. The maximum atomic E-state index is 13.7. The molecule has 0 fully saturated rings. The van der Waals surface area contributed by atoms with E-state index >= 15 is 0 Å². The number of ether oxygens (including phenoxy) is 1. The molecule has 0 bridgehead atoms. The molecular weight excluding hydrogens is 461 g/mol. The van der Waals surface area contributed by atoms with E-state index in [-0.39, 0.29) is 15.4 Å².